The van der Waals surface area contributed by atoms with Gasteiger partial charge in [0.2, 0.25) is 0 Å². The Balaban J connectivity index is 1.28. The number of nitrogens with zero attached hydrogens (tertiary/aromatic N) is 1. The van der Waals surface area contributed by atoms with Crippen molar-refractivity contribution in [3.05, 3.63) is 108 Å². The van der Waals surface area contributed by atoms with E-state index < -0.39 is 5.97 Å². The van der Waals surface area contributed by atoms with Crippen LogP contribution in [0.4, 0.5) is 0 Å². The number of rotatable bonds is 19. The van der Waals surface area contributed by atoms with Gasteiger partial charge in [0.25, 0.3) is 0 Å². The van der Waals surface area contributed by atoms with Crippen molar-refractivity contribution in [1.29, 1.82) is 5.26 Å². The number of aryl methyl sites for hydroxylation is 1. The number of hydrogen-bond donors (Lipinski definition) is 0. The molecule has 0 amide bonds. The second-order valence-electron chi connectivity index (χ2n) is 12.1. The van der Waals surface area contributed by atoms with Gasteiger partial charge in [0.05, 0.1) is 23.8 Å². The molecule has 0 radical (unpaired) electrons. The van der Waals surface area contributed by atoms with Crippen LogP contribution >= 0.6 is 0 Å². The first-order valence-electron chi connectivity index (χ1n) is 17.3. The Labute approximate surface area is 276 Å². The van der Waals surface area contributed by atoms with Crippen molar-refractivity contribution >= 4 is 5.97 Å². The number of hydrogen-bond acceptors (Lipinski definition) is 4. The molecule has 0 aliphatic rings. The first kappa shape index (κ1) is 34.5. The van der Waals surface area contributed by atoms with E-state index in [9.17, 15) is 10.1 Å². The highest BCUT2D eigenvalue weighted by Crippen LogP contribution is 2.28. The van der Waals surface area contributed by atoms with Gasteiger partial charge in [0, 0.05) is 0 Å². The lowest BCUT2D eigenvalue weighted by Gasteiger charge is -2.10. The zero-order valence-electron chi connectivity index (χ0n) is 27.7. The first-order valence-corrected chi connectivity index (χ1v) is 17.3. The van der Waals surface area contributed by atoms with Crippen molar-refractivity contribution in [2.75, 3.05) is 6.61 Å². The van der Waals surface area contributed by atoms with Gasteiger partial charge in [-0.25, -0.2) is 4.79 Å². The molecule has 0 saturated heterocycles. The van der Waals surface area contributed by atoms with E-state index in [-0.39, 0.29) is 0 Å². The normalized spacial score (nSPS) is 10.8. The van der Waals surface area contributed by atoms with Gasteiger partial charge < -0.3 is 9.47 Å². The zero-order valence-corrected chi connectivity index (χ0v) is 27.7. The summed E-state index contributed by atoms with van der Waals surface area (Å²) < 4.78 is 11.6. The van der Waals surface area contributed by atoms with Gasteiger partial charge in [0.1, 0.15) is 11.5 Å². The molecule has 0 aromatic heterocycles. The summed E-state index contributed by atoms with van der Waals surface area (Å²) >= 11 is 0. The highest BCUT2D eigenvalue weighted by Gasteiger charge is 2.14. The number of esters is 1. The fourth-order valence-corrected chi connectivity index (χ4v) is 5.67. The van der Waals surface area contributed by atoms with Gasteiger partial charge in [-0.2, -0.15) is 5.26 Å². The minimum atomic E-state index is -0.489. The van der Waals surface area contributed by atoms with Crippen molar-refractivity contribution in [2.45, 2.75) is 97.3 Å². The second kappa shape index (κ2) is 19.2. The Hall–Kier alpha value is -4.36. The van der Waals surface area contributed by atoms with Crippen molar-refractivity contribution < 1.29 is 14.3 Å². The van der Waals surface area contributed by atoms with E-state index in [2.05, 4.69) is 44.2 Å². The van der Waals surface area contributed by atoms with Crippen molar-refractivity contribution in [1.82, 2.24) is 0 Å². The van der Waals surface area contributed by atoms with Gasteiger partial charge in [-0.3, -0.25) is 0 Å². The number of ether oxygens (including phenoxy) is 2. The van der Waals surface area contributed by atoms with Crippen LogP contribution in [0.1, 0.15) is 112 Å². The predicted octanol–water partition coefficient (Wildman–Crippen LogP) is 11.8. The summed E-state index contributed by atoms with van der Waals surface area (Å²) in [7, 11) is 0. The molecule has 4 aromatic rings. The van der Waals surface area contributed by atoms with Crippen LogP contribution < -0.4 is 9.47 Å². The van der Waals surface area contributed by atoms with Crippen LogP contribution in [0.3, 0.4) is 0 Å². The van der Waals surface area contributed by atoms with E-state index in [1.165, 1.54) is 76.2 Å². The maximum absolute atomic E-state index is 13.0. The van der Waals surface area contributed by atoms with Crippen LogP contribution in [0, 0.1) is 11.3 Å². The molecule has 4 heteroatoms. The molecule has 0 heterocycles. The number of benzene rings is 4. The molecule has 4 nitrogen and oxygen atoms in total. The Morgan fingerprint density at radius 1 is 0.609 bits per heavy atom. The van der Waals surface area contributed by atoms with Gasteiger partial charge >= 0.3 is 5.97 Å². The molecule has 0 atom stereocenters. The highest BCUT2D eigenvalue weighted by atomic mass is 16.5. The average Bonchev–Trinajstić information content (AvgIpc) is 3.10. The monoisotopic (exact) mass is 615 g/mol. The predicted molar refractivity (Wildman–Crippen MR) is 189 cm³/mol. The molecule has 0 fully saturated rings. The zero-order chi connectivity index (χ0) is 32.4. The van der Waals surface area contributed by atoms with Crippen molar-refractivity contribution in [3.8, 4) is 39.8 Å². The molecule has 0 N–H and O–H groups in total. The van der Waals surface area contributed by atoms with E-state index in [0.717, 1.165) is 47.5 Å². The molecule has 0 saturated carbocycles. The first-order chi connectivity index (χ1) is 22.6. The lowest BCUT2D eigenvalue weighted by atomic mass is 9.96. The van der Waals surface area contributed by atoms with Crippen molar-refractivity contribution in [2.24, 2.45) is 0 Å². The Morgan fingerprint density at radius 2 is 1.15 bits per heavy atom. The third kappa shape index (κ3) is 10.9. The smallest absolute Gasteiger partial charge is 0.343 e. The molecule has 240 valence electrons. The summed E-state index contributed by atoms with van der Waals surface area (Å²) in [6.07, 6.45) is 16.3. The van der Waals surface area contributed by atoms with Crippen LogP contribution in [0.15, 0.2) is 91.0 Å². The van der Waals surface area contributed by atoms with E-state index in [4.69, 9.17) is 9.47 Å². The number of carbonyl (C=O) groups is 1. The van der Waals surface area contributed by atoms with E-state index >= 15 is 0 Å². The minimum absolute atomic E-state index is 0.348. The molecule has 4 aromatic carbocycles. The maximum atomic E-state index is 13.0. The van der Waals surface area contributed by atoms with Crippen molar-refractivity contribution in [3.63, 3.8) is 0 Å². The number of unbranched alkanes of at least 4 members (excludes halogenated alkanes) is 10. The minimum Gasteiger partial charge on any atom is -0.494 e. The Bertz CT molecular complexity index is 1520. The quantitative estimate of drug-likeness (QED) is 0.0598. The Morgan fingerprint density at radius 3 is 1.76 bits per heavy atom. The molecule has 0 spiro atoms. The summed E-state index contributed by atoms with van der Waals surface area (Å²) in [5.74, 6) is 0.847. The molecular weight excluding hydrogens is 566 g/mol. The highest BCUT2D eigenvalue weighted by molar-refractivity contribution is 5.92. The lowest BCUT2D eigenvalue weighted by Crippen LogP contribution is -2.09. The van der Waals surface area contributed by atoms with E-state index in [1.54, 1.807) is 24.3 Å². The topological polar surface area (TPSA) is 59.3 Å². The molecule has 0 unspecified atom stereocenters. The number of carbonyl (C=O) groups excluding carboxylic acids is 1. The molecular formula is C42H49NO3. The summed E-state index contributed by atoms with van der Waals surface area (Å²) in [6, 6.07) is 31.4. The second-order valence-corrected chi connectivity index (χ2v) is 12.1. The van der Waals surface area contributed by atoms with Gasteiger partial charge in [-0.15, -0.1) is 0 Å². The molecule has 0 aliphatic carbocycles. The lowest BCUT2D eigenvalue weighted by molar-refractivity contribution is 0.0734. The van der Waals surface area contributed by atoms with Crippen LogP contribution in [0.25, 0.3) is 22.3 Å². The average molecular weight is 616 g/mol. The maximum Gasteiger partial charge on any atom is 0.343 e. The van der Waals surface area contributed by atoms with E-state index in [0.29, 0.717) is 16.9 Å². The largest absolute Gasteiger partial charge is 0.494 e. The summed E-state index contributed by atoms with van der Waals surface area (Å²) in [4.78, 5) is 13.0. The standard InChI is InChI=1S/C42H49NO3/c1-3-5-7-9-11-13-15-33-16-18-36(19-17-33)41-29-24-37(31-38(41)32-43)42(44)46-40-27-22-35(23-28-40)34-20-25-39(26-21-34)45-30-14-12-10-8-6-4-2/h16-29,31H,3-15,30H2,1-2H3. The summed E-state index contributed by atoms with van der Waals surface area (Å²) in [5, 5.41) is 9.87. The third-order valence-corrected chi connectivity index (χ3v) is 8.48. The fraction of sp³-hybridized carbons (Fsp3) is 0.381. The van der Waals surface area contributed by atoms with Crippen LogP contribution in [0.2, 0.25) is 0 Å². The van der Waals surface area contributed by atoms with Crippen LogP contribution in [-0.4, -0.2) is 12.6 Å². The summed E-state index contributed by atoms with van der Waals surface area (Å²) in [6.45, 7) is 5.23. The van der Waals surface area contributed by atoms with Gasteiger partial charge in [-0.1, -0.05) is 133 Å². The van der Waals surface area contributed by atoms with E-state index in [1.807, 2.05) is 42.5 Å². The molecule has 4 rings (SSSR count). The van der Waals surface area contributed by atoms with Gasteiger partial charge in [0.15, 0.2) is 0 Å². The Kier molecular flexibility index (Phi) is 14.4. The summed E-state index contributed by atoms with van der Waals surface area (Å²) in [5.41, 5.74) is 5.98. The van der Waals surface area contributed by atoms with Gasteiger partial charge in [-0.05, 0) is 83.5 Å². The van der Waals surface area contributed by atoms with Crippen LogP contribution in [-0.2, 0) is 6.42 Å². The third-order valence-electron chi connectivity index (χ3n) is 8.48. The SMILES string of the molecule is CCCCCCCCOc1ccc(-c2ccc(OC(=O)c3ccc(-c4ccc(CCCCCCCC)cc4)c(C#N)c3)cc2)cc1. The fourth-order valence-electron chi connectivity index (χ4n) is 5.67. The molecule has 46 heavy (non-hydrogen) atoms. The molecule has 0 aliphatic heterocycles. The molecule has 0 bridgehead atoms. The number of nitriles is 1. The van der Waals surface area contributed by atoms with Crippen LogP contribution in [0.5, 0.6) is 11.5 Å².